The molecule has 0 aliphatic heterocycles. The Labute approximate surface area is 84.8 Å². The van der Waals surface area contributed by atoms with E-state index in [0.717, 1.165) is 4.47 Å². The summed E-state index contributed by atoms with van der Waals surface area (Å²) in [6.07, 6.45) is 3.28. The zero-order valence-electron chi connectivity index (χ0n) is 7.49. The first kappa shape index (κ1) is 10.2. The number of hydrogen-bond acceptors (Lipinski definition) is 3. The maximum absolute atomic E-state index is 11.2. The number of nitrogens with one attached hydrogen (secondary N) is 1. The van der Waals surface area contributed by atoms with Gasteiger partial charge in [0.15, 0.2) is 0 Å². The topological polar surface area (TPSA) is 50.2 Å². The molecule has 1 amide bonds. The molecule has 0 aromatic carbocycles. The highest BCUT2D eigenvalue weighted by Gasteiger charge is 2.03. The van der Waals surface area contributed by atoms with Gasteiger partial charge in [0, 0.05) is 0 Å². The number of hydrogen-bond donors (Lipinski definition) is 1. The average molecular weight is 247 g/mol. The van der Waals surface area contributed by atoms with Crippen LogP contribution in [0.1, 0.15) is 0 Å². The molecular formula is C7H11BrN4O. The van der Waals surface area contributed by atoms with Crippen molar-refractivity contribution in [3.05, 3.63) is 16.9 Å². The van der Waals surface area contributed by atoms with Gasteiger partial charge >= 0.3 is 0 Å². The van der Waals surface area contributed by atoms with Crippen LogP contribution in [-0.4, -0.2) is 41.3 Å². The Bertz CT molecular complexity index is 296. The fourth-order valence-electron chi connectivity index (χ4n) is 0.812. The van der Waals surface area contributed by atoms with Crippen molar-refractivity contribution in [1.29, 1.82) is 0 Å². The summed E-state index contributed by atoms with van der Waals surface area (Å²) in [5.74, 6) is -0.0967. The van der Waals surface area contributed by atoms with Crippen molar-refractivity contribution in [3.63, 3.8) is 0 Å². The minimum absolute atomic E-state index is 0.0967. The smallest absolute Gasteiger partial charge is 0.254 e. The summed E-state index contributed by atoms with van der Waals surface area (Å²) < 4.78 is 0.831. The standard InChI is InChI=1S/C7H11BrN4O/c1-11(2)5-7(13)10-12-4-6(8)3-9-12/h3-4H,5H2,1-2H3,(H,10,13). The molecule has 6 heteroatoms. The zero-order chi connectivity index (χ0) is 9.84. The van der Waals surface area contributed by atoms with Gasteiger partial charge < -0.3 is 4.90 Å². The fourth-order valence-corrected chi connectivity index (χ4v) is 1.10. The Morgan fingerprint density at radius 2 is 2.46 bits per heavy atom. The Kier molecular flexibility index (Phi) is 3.44. The van der Waals surface area contributed by atoms with E-state index in [9.17, 15) is 4.79 Å². The molecule has 0 saturated heterocycles. The number of nitrogens with zero attached hydrogens (tertiary/aromatic N) is 3. The number of rotatable bonds is 3. The van der Waals surface area contributed by atoms with Gasteiger partial charge in [0.1, 0.15) is 0 Å². The number of carbonyl (C=O) groups is 1. The van der Waals surface area contributed by atoms with Crippen LogP contribution in [0.2, 0.25) is 0 Å². The fraction of sp³-hybridized carbons (Fsp3) is 0.429. The van der Waals surface area contributed by atoms with Crippen LogP contribution in [0, 0.1) is 0 Å². The number of halogens is 1. The quantitative estimate of drug-likeness (QED) is 0.834. The lowest BCUT2D eigenvalue weighted by atomic mass is 10.6. The second kappa shape index (κ2) is 4.38. The van der Waals surface area contributed by atoms with Gasteiger partial charge in [0.25, 0.3) is 5.91 Å². The molecule has 0 spiro atoms. The molecule has 1 heterocycles. The molecule has 13 heavy (non-hydrogen) atoms. The Balaban J connectivity index is 2.45. The number of amides is 1. The summed E-state index contributed by atoms with van der Waals surface area (Å²) >= 11 is 3.23. The number of aromatic nitrogens is 2. The molecule has 0 fully saturated rings. The highest BCUT2D eigenvalue weighted by Crippen LogP contribution is 2.04. The first-order valence-electron chi connectivity index (χ1n) is 3.72. The summed E-state index contributed by atoms with van der Waals surface area (Å²) in [7, 11) is 3.66. The van der Waals surface area contributed by atoms with Crippen LogP contribution in [0.5, 0.6) is 0 Å². The third kappa shape index (κ3) is 3.56. The summed E-state index contributed by atoms with van der Waals surface area (Å²) in [6, 6.07) is 0. The maximum atomic E-state index is 11.2. The SMILES string of the molecule is CN(C)CC(=O)Nn1cc(Br)cn1. The minimum Gasteiger partial charge on any atom is -0.301 e. The molecule has 0 bridgehead atoms. The van der Waals surface area contributed by atoms with Crippen molar-refractivity contribution in [2.45, 2.75) is 0 Å². The molecular weight excluding hydrogens is 236 g/mol. The Morgan fingerprint density at radius 3 is 2.92 bits per heavy atom. The molecule has 5 nitrogen and oxygen atoms in total. The van der Waals surface area contributed by atoms with E-state index in [1.807, 2.05) is 14.1 Å². The summed E-state index contributed by atoms with van der Waals surface area (Å²) in [5, 5.41) is 3.88. The number of carbonyl (C=O) groups excluding carboxylic acids is 1. The van der Waals surface area contributed by atoms with Gasteiger partial charge in [-0.2, -0.15) is 9.89 Å². The molecule has 0 saturated carbocycles. The number of likely N-dealkylation sites (N-methyl/N-ethyl adjacent to an activating group) is 1. The summed E-state index contributed by atoms with van der Waals surface area (Å²) in [4.78, 5) is 14.4. The van der Waals surface area contributed by atoms with Crippen LogP contribution < -0.4 is 5.43 Å². The molecule has 0 aliphatic carbocycles. The lowest BCUT2D eigenvalue weighted by Gasteiger charge is -2.09. The van der Waals surface area contributed by atoms with E-state index in [-0.39, 0.29) is 5.91 Å². The van der Waals surface area contributed by atoms with Gasteiger partial charge in [-0.15, -0.1) is 0 Å². The van der Waals surface area contributed by atoms with E-state index >= 15 is 0 Å². The molecule has 0 unspecified atom stereocenters. The van der Waals surface area contributed by atoms with Gasteiger partial charge in [-0.1, -0.05) is 0 Å². The van der Waals surface area contributed by atoms with E-state index in [1.54, 1.807) is 17.3 Å². The van der Waals surface area contributed by atoms with Gasteiger partial charge in [-0.05, 0) is 30.0 Å². The van der Waals surface area contributed by atoms with E-state index in [2.05, 4.69) is 26.5 Å². The van der Waals surface area contributed by atoms with Crippen molar-refractivity contribution in [3.8, 4) is 0 Å². The first-order chi connectivity index (χ1) is 6.08. The Morgan fingerprint density at radius 1 is 1.77 bits per heavy atom. The van der Waals surface area contributed by atoms with Crippen LogP contribution in [0.3, 0.4) is 0 Å². The van der Waals surface area contributed by atoms with Gasteiger partial charge in [-0.3, -0.25) is 4.79 Å². The molecule has 1 N–H and O–H groups in total. The van der Waals surface area contributed by atoms with Crippen LogP contribution in [0.15, 0.2) is 16.9 Å². The molecule has 1 aromatic heterocycles. The van der Waals surface area contributed by atoms with E-state index in [4.69, 9.17) is 0 Å². The normalized spacial score (nSPS) is 10.5. The molecule has 1 rings (SSSR count). The van der Waals surface area contributed by atoms with E-state index in [1.165, 1.54) is 4.79 Å². The highest BCUT2D eigenvalue weighted by atomic mass is 79.9. The van der Waals surface area contributed by atoms with Crippen molar-refractivity contribution in [1.82, 2.24) is 14.8 Å². The van der Waals surface area contributed by atoms with Crippen molar-refractivity contribution in [2.24, 2.45) is 0 Å². The summed E-state index contributed by atoms with van der Waals surface area (Å²) in [5.41, 5.74) is 2.59. The summed E-state index contributed by atoms with van der Waals surface area (Å²) in [6.45, 7) is 0.345. The van der Waals surface area contributed by atoms with Gasteiger partial charge in [-0.25, -0.2) is 5.43 Å². The molecule has 1 aromatic rings. The average Bonchev–Trinajstić information content (AvgIpc) is 2.33. The minimum atomic E-state index is -0.0967. The largest absolute Gasteiger partial charge is 0.301 e. The third-order valence-electron chi connectivity index (χ3n) is 1.25. The molecule has 72 valence electrons. The van der Waals surface area contributed by atoms with Crippen LogP contribution >= 0.6 is 15.9 Å². The van der Waals surface area contributed by atoms with Crippen LogP contribution in [0.4, 0.5) is 0 Å². The van der Waals surface area contributed by atoms with Crippen LogP contribution in [-0.2, 0) is 4.79 Å². The lowest BCUT2D eigenvalue weighted by Crippen LogP contribution is -2.32. The highest BCUT2D eigenvalue weighted by molar-refractivity contribution is 9.10. The van der Waals surface area contributed by atoms with Crippen LogP contribution in [0.25, 0.3) is 0 Å². The van der Waals surface area contributed by atoms with E-state index < -0.39 is 0 Å². The predicted molar refractivity (Wildman–Crippen MR) is 52.8 cm³/mol. The van der Waals surface area contributed by atoms with E-state index in [0.29, 0.717) is 6.54 Å². The lowest BCUT2D eigenvalue weighted by molar-refractivity contribution is -0.117. The van der Waals surface area contributed by atoms with Crippen molar-refractivity contribution in [2.75, 3.05) is 26.1 Å². The van der Waals surface area contributed by atoms with Gasteiger partial charge in [0.05, 0.1) is 23.4 Å². The second-order valence-electron chi connectivity index (χ2n) is 2.88. The monoisotopic (exact) mass is 246 g/mol. The third-order valence-corrected chi connectivity index (χ3v) is 1.66. The second-order valence-corrected chi connectivity index (χ2v) is 3.79. The zero-order valence-corrected chi connectivity index (χ0v) is 9.08. The Hall–Kier alpha value is -0.880. The first-order valence-corrected chi connectivity index (χ1v) is 4.52. The molecule has 0 aliphatic rings. The predicted octanol–water partition coefficient (Wildman–Crippen LogP) is 0.277. The molecule has 0 atom stereocenters. The van der Waals surface area contributed by atoms with Crippen molar-refractivity contribution >= 4 is 21.8 Å². The maximum Gasteiger partial charge on any atom is 0.254 e. The van der Waals surface area contributed by atoms with Crippen molar-refractivity contribution < 1.29 is 4.79 Å². The molecule has 0 radical (unpaired) electrons. The van der Waals surface area contributed by atoms with Gasteiger partial charge in [0.2, 0.25) is 0 Å².